The SMILES string of the molecule is COC(=O)C1C2CC[C@H](C[C@@H]1c1ccc(NC(C)=O)cc1)N2C. The third-order valence-electron chi connectivity index (χ3n) is 5.40. The maximum absolute atomic E-state index is 12.4. The molecular formula is C18H24N2O3. The number of nitrogens with one attached hydrogen (secondary N) is 1. The Bertz CT molecular complexity index is 599. The predicted octanol–water partition coefficient (Wildman–Crippen LogP) is 2.38. The number of hydrogen-bond acceptors (Lipinski definition) is 4. The molecule has 124 valence electrons. The van der Waals surface area contributed by atoms with Gasteiger partial charge in [-0.2, -0.15) is 0 Å². The van der Waals surface area contributed by atoms with Crippen LogP contribution in [0.15, 0.2) is 24.3 Å². The Morgan fingerprint density at radius 2 is 1.91 bits per heavy atom. The van der Waals surface area contributed by atoms with Gasteiger partial charge in [-0.3, -0.25) is 14.5 Å². The van der Waals surface area contributed by atoms with Crippen molar-refractivity contribution in [1.29, 1.82) is 0 Å². The van der Waals surface area contributed by atoms with Gasteiger partial charge in [0.2, 0.25) is 5.91 Å². The number of fused-ring (bicyclic) bond motifs is 2. The third kappa shape index (κ3) is 2.98. The van der Waals surface area contributed by atoms with Crippen LogP contribution in [0, 0.1) is 5.92 Å². The van der Waals surface area contributed by atoms with Gasteiger partial charge in [-0.1, -0.05) is 12.1 Å². The standard InChI is InChI=1S/C18H24N2O3/c1-11(21)19-13-6-4-12(5-7-13)15-10-14-8-9-16(20(14)2)17(15)18(22)23-3/h4-7,14-17H,8-10H2,1-3H3,(H,19,21)/t14-,15-,16?,17?/m1/s1. The molecule has 0 saturated carbocycles. The van der Waals surface area contributed by atoms with Crippen LogP contribution in [0.5, 0.6) is 0 Å². The highest BCUT2D eigenvalue weighted by atomic mass is 16.5. The minimum Gasteiger partial charge on any atom is -0.469 e. The van der Waals surface area contributed by atoms with E-state index in [1.807, 2.05) is 24.3 Å². The molecule has 2 heterocycles. The van der Waals surface area contributed by atoms with Crippen LogP contribution in [-0.2, 0) is 14.3 Å². The van der Waals surface area contributed by atoms with Gasteiger partial charge < -0.3 is 10.1 Å². The van der Waals surface area contributed by atoms with Gasteiger partial charge in [-0.15, -0.1) is 0 Å². The molecule has 2 aliphatic rings. The van der Waals surface area contributed by atoms with Crippen LogP contribution < -0.4 is 5.32 Å². The summed E-state index contributed by atoms with van der Waals surface area (Å²) in [5, 5.41) is 2.78. The molecule has 1 aromatic rings. The molecule has 0 aromatic heterocycles. The van der Waals surface area contributed by atoms with Gasteiger partial charge in [0.15, 0.2) is 0 Å². The van der Waals surface area contributed by atoms with Crippen molar-refractivity contribution in [1.82, 2.24) is 4.90 Å². The summed E-state index contributed by atoms with van der Waals surface area (Å²) in [7, 11) is 3.59. The number of benzene rings is 1. The Morgan fingerprint density at radius 3 is 2.52 bits per heavy atom. The van der Waals surface area contributed by atoms with Crippen molar-refractivity contribution in [3.05, 3.63) is 29.8 Å². The van der Waals surface area contributed by atoms with Crippen LogP contribution in [0.3, 0.4) is 0 Å². The molecule has 2 fully saturated rings. The van der Waals surface area contributed by atoms with Crippen molar-refractivity contribution in [2.24, 2.45) is 5.92 Å². The average Bonchev–Trinajstić information content (AvgIpc) is 2.77. The van der Waals surface area contributed by atoms with E-state index in [9.17, 15) is 9.59 Å². The Kier molecular flexibility index (Phi) is 4.39. The highest BCUT2D eigenvalue weighted by Crippen LogP contribution is 2.46. The van der Waals surface area contributed by atoms with Gasteiger partial charge in [-0.05, 0) is 44.0 Å². The molecular weight excluding hydrogens is 292 g/mol. The monoisotopic (exact) mass is 316 g/mol. The van der Waals surface area contributed by atoms with Crippen LogP contribution in [0.4, 0.5) is 5.69 Å². The van der Waals surface area contributed by atoms with Crippen LogP contribution >= 0.6 is 0 Å². The van der Waals surface area contributed by atoms with Crippen molar-refractivity contribution >= 4 is 17.6 Å². The van der Waals surface area contributed by atoms with Crippen molar-refractivity contribution in [2.75, 3.05) is 19.5 Å². The lowest BCUT2D eigenvalue weighted by atomic mass is 9.76. The van der Waals surface area contributed by atoms with E-state index in [-0.39, 0.29) is 29.8 Å². The van der Waals surface area contributed by atoms with E-state index in [1.165, 1.54) is 14.0 Å². The molecule has 5 nitrogen and oxygen atoms in total. The molecule has 23 heavy (non-hydrogen) atoms. The number of carbonyl (C=O) groups excluding carboxylic acids is 2. The molecule has 0 radical (unpaired) electrons. The summed E-state index contributed by atoms with van der Waals surface area (Å²) in [6.45, 7) is 1.50. The molecule has 1 N–H and O–H groups in total. The molecule has 0 aliphatic carbocycles. The van der Waals surface area contributed by atoms with E-state index in [2.05, 4.69) is 17.3 Å². The molecule has 2 bridgehead atoms. The fourth-order valence-electron chi connectivity index (χ4n) is 4.28. The summed E-state index contributed by atoms with van der Waals surface area (Å²) in [6, 6.07) is 8.67. The first-order chi connectivity index (χ1) is 11.0. The van der Waals surface area contributed by atoms with Gasteiger partial charge in [-0.25, -0.2) is 0 Å². The Labute approximate surface area is 137 Å². The number of ether oxygens (including phenoxy) is 1. The largest absolute Gasteiger partial charge is 0.469 e. The lowest BCUT2D eigenvalue weighted by Gasteiger charge is -2.41. The van der Waals surface area contributed by atoms with Gasteiger partial charge >= 0.3 is 5.97 Å². The van der Waals surface area contributed by atoms with Crippen molar-refractivity contribution < 1.29 is 14.3 Å². The summed E-state index contributed by atoms with van der Waals surface area (Å²) in [6.07, 6.45) is 3.18. The minimum absolute atomic E-state index is 0.0810. The fraction of sp³-hybridized carbons (Fsp3) is 0.556. The lowest BCUT2D eigenvalue weighted by Crippen LogP contribution is -2.49. The number of methoxy groups -OCH3 is 1. The minimum atomic E-state index is -0.115. The zero-order valence-corrected chi connectivity index (χ0v) is 13.9. The summed E-state index contributed by atoms with van der Waals surface area (Å²) >= 11 is 0. The molecule has 4 atom stereocenters. The number of carbonyl (C=O) groups is 2. The number of amides is 1. The molecule has 1 amide bonds. The topological polar surface area (TPSA) is 58.6 Å². The van der Waals surface area contributed by atoms with Gasteiger partial charge in [0, 0.05) is 30.6 Å². The van der Waals surface area contributed by atoms with Crippen LogP contribution in [0.25, 0.3) is 0 Å². The van der Waals surface area contributed by atoms with Gasteiger partial charge in [0.05, 0.1) is 13.0 Å². The number of rotatable bonds is 3. The van der Waals surface area contributed by atoms with Crippen molar-refractivity contribution in [2.45, 2.75) is 44.2 Å². The van der Waals surface area contributed by atoms with Crippen LogP contribution in [-0.4, -0.2) is 43.0 Å². The second kappa shape index (κ2) is 6.32. The number of anilines is 1. The molecule has 2 unspecified atom stereocenters. The van der Waals surface area contributed by atoms with E-state index in [4.69, 9.17) is 4.74 Å². The fourth-order valence-corrected chi connectivity index (χ4v) is 4.28. The van der Waals surface area contributed by atoms with Crippen molar-refractivity contribution in [3.8, 4) is 0 Å². The number of piperidine rings is 1. The maximum Gasteiger partial charge on any atom is 0.310 e. The first kappa shape index (κ1) is 16.0. The molecule has 3 rings (SSSR count). The summed E-state index contributed by atoms with van der Waals surface area (Å²) < 4.78 is 5.09. The highest BCUT2D eigenvalue weighted by Gasteiger charge is 2.49. The second-order valence-electron chi connectivity index (χ2n) is 6.66. The van der Waals surface area contributed by atoms with Gasteiger partial charge in [0.1, 0.15) is 0 Å². The molecule has 2 saturated heterocycles. The first-order valence-corrected chi connectivity index (χ1v) is 8.18. The quantitative estimate of drug-likeness (QED) is 0.870. The third-order valence-corrected chi connectivity index (χ3v) is 5.40. The summed E-state index contributed by atoms with van der Waals surface area (Å²) in [4.78, 5) is 25.9. The Hall–Kier alpha value is -1.88. The number of nitrogens with zero attached hydrogens (tertiary/aromatic N) is 1. The molecule has 5 heteroatoms. The Balaban J connectivity index is 1.87. The summed E-state index contributed by atoms with van der Waals surface area (Å²) in [5.74, 6) is -0.126. The first-order valence-electron chi connectivity index (χ1n) is 8.18. The maximum atomic E-state index is 12.4. The average molecular weight is 316 g/mol. The molecule has 2 aliphatic heterocycles. The van der Waals surface area contributed by atoms with E-state index in [1.54, 1.807) is 0 Å². The number of esters is 1. The van der Waals surface area contributed by atoms with Crippen LogP contribution in [0.2, 0.25) is 0 Å². The summed E-state index contributed by atoms with van der Waals surface area (Å²) in [5.41, 5.74) is 1.94. The molecule has 0 spiro atoms. The van der Waals surface area contributed by atoms with Crippen LogP contribution in [0.1, 0.15) is 37.7 Å². The van der Waals surface area contributed by atoms with E-state index < -0.39 is 0 Å². The second-order valence-corrected chi connectivity index (χ2v) is 6.66. The molecule has 1 aromatic carbocycles. The number of hydrogen-bond donors (Lipinski definition) is 1. The lowest BCUT2D eigenvalue weighted by molar-refractivity contribution is -0.150. The highest BCUT2D eigenvalue weighted by molar-refractivity contribution is 5.88. The zero-order chi connectivity index (χ0) is 16.6. The van der Waals surface area contributed by atoms with E-state index >= 15 is 0 Å². The van der Waals surface area contributed by atoms with E-state index in [0.29, 0.717) is 6.04 Å². The smallest absolute Gasteiger partial charge is 0.310 e. The van der Waals surface area contributed by atoms with Crippen molar-refractivity contribution in [3.63, 3.8) is 0 Å². The zero-order valence-electron chi connectivity index (χ0n) is 13.9. The van der Waals surface area contributed by atoms with Gasteiger partial charge in [0.25, 0.3) is 0 Å². The normalized spacial score (nSPS) is 30.0. The van der Waals surface area contributed by atoms with E-state index in [0.717, 1.165) is 30.5 Å². The Morgan fingerprint density at radius 1 is 1.22 bits per heavy atom. The predicted molar refractivity (Wildman–Crippen MR) is 88.2 cm³/mol.